The molecule has 2 aromatic carbocycles. The Morgan fingerprint density at radius 2 is 1.85 bits per heavy atom. The number of fused-ring (bicyclic) bond motifs is 1. The predicted octanol–water partition coefficient (Wildman–Crippen LogP) is 3.82. The van der Waals surface area contributed by atoms with Crippen molar-refractivity contribution in [1.29, 1.82) is 0 Å². The first kappa shape index (κ1) is 17.8. The zero-order valence-electron chi connectivity index (χ0n) is 13.7. The van der Waals surface area contributed by atoms with Gasteiger partial charge in [0.1, 0.15) is 23.0 Å². The van der Waals surface area contributed by atoms with Crippen LogP contribution in [0, 0.1) is 11.6 Å². The summed E-state index contributed by atoms with van der Waals surface area (Å²) in [5, 5.41) is 7.40. The van der Waals surface area contributed by atoms with Crippen molar-refractivity contribution in [3.63, 3.8) is 0 Å². The van der Waals surface area contributed by atoms with Gasteiger partial charge in [-0.2, -0.15) is 5.10 Å². The molecule has 1 N–H and O–H groups in total. The molecule has 0 spiro atoms. The normalized spacial score (nSPS) is 15.6. The van der Waals surface area contributed by atoms with Gasteiger partial charge in [0.05, 0.1) is 22.9 Å². The molecule has 3 aromatic rings. The van der Waals surface area contributed by atoms with Crippen LogP contribution in [0.25, 0.3) is 5.69 Å². The number of halogens is 3. The Kier molecular flexibility index (Phi) is 4.53. The molecule has 0 bridgehead atoms. The highest BCUT2D eigenvalue weighted by Gasteiger charge is 2.29. The minimum Gasteiger partial charge on any atom is -0.306 e. The molecular formula is C18H12ClF2N3O2S. The molecule has 1 aliphatic heterocycles. The van der Waals surface area contributed by atoms with Crippen LogP contribution >= 0.6 is 11.6 Å². The summed E-state index contributed by atoms with van der Waals surface area (Å²) in [5.74, 6) is -2.21. The smallest absolute Gasteiger partial charge is 0.262 e. The highest BCUT2D eigenvalue weighted by molar-refractivity contribution is 7.83. The molecular weight excluding hydrogens is 396 g/mol. The molecule has 0 radical (unpaired) electrons. The third kappa shape index (κ3) is 3.26. The quantitative estimate of drug-likeness (QED) is 0.718. The number of carbonyl (C=O) groups is 1. The molecule has 2 heterocycles. The van der Waals surface area contributed by atoms with Crippen LogP contribution < -0.4 is 5.32 Å². The van der Waals surface area contributed by atoms with E-state index in [1.165, 1.54) is 10.7 Å². The summed E-state index contributed by atoms with van der Waals surface area (Å²) >= 11 is 6.03. The van der Waals surface area contributed by atoms with Gasteiger partial charge in [-0.1, -0.05) is 23.7 Å². The van der Waals surface area contributed by atoms with Crippen molar-refractivity contribution in [3.05, 3.63) is 75.9 Å². The van der Waals surface area contributed by atoms with Crippen molar-refractivity contribution in [2.45, 2.75) is 11.5 Å². The molecule has 0 saturated heterocycles. The Balaban J connectivity index is 1.80. The molecule has 1 aliphatic rings. The van der Waals surface area contributed by atoms with Crippen LogP contribution in [0.2, 0.25) is 5.02 Å². The van der Waals surface area contributed by atoms with Gasteiger partial charge in [0.15, 0.2) is 0 Å². The number of aromatic nitrogens is 2. The molecule has 0 fully saturated rings. The molecule has 1 atom stereocenters. The van der Waals surface area contributed by atoms with E-state index in [2.05, 4.69) is 10.4 Å². The molecule has 0 aliphatic carbocycles. The molecule has 4 rings (SSSR count). The van der Waals surface area contributed by atoms with Gasteiger partial charge in [0.25, 0.3) is 5.91 Å². The average molecular weight is 408 g/mol. The Morgan fingerprint density at radius 3 is 2.56 bits per heavy atom. The zero-order valence-corrected chi connectivity index (χ0v) is 15.3. The van der Waals surface area contributed by atoms with Gasteiger partial charge in [-0.3, -0.25) is 9.00 Å². The van der Waals surface area contributed by atoms with E-state index in [-0.39, 0.29) is 17.3 Å². The minimum atomic E-state index is -1.14. The van der Waals surface area contributed by atoms with Crippen LogP contribution in [-0.2, 0) is 22.3 Å². The fraction of sp³-hybridized carbons (Fsp3) is 0.111. The van der Waals surface area contributed by atoms with Gasteiger partial charge in [0, 0.05) is 21.4 Å². The van der Waals surface area contributed by atoms with Crippen molar-refractivity contribution in [1.82, 2.24) is 9.78 Å². The highest BCUT2D eigenvalue weighted by Crippen LogP contribution is 2.32. The van der Waals surface area contributed by atoms with E-state index in [9.17, 15) is 17.8 Å². The third-order valence-corrected chi connectivity index (χ3v) is 5.59. The second-order valence-corrected chi connectivity index (χ2v) is 7.84. The van der Waals surface area contributed by atoms with Crippen LogP contribution in [0.5, 0.6) is 0 Å². The summed E-state index contributed by atoms with van der Waals surface area (Å²) in [4.78, 5) is 12.6. The number of hydrogen-bond donors (Lipinski definition) is 1. The van der Waals surface area contributed by atoms with Gasteiger partial charge < -0.3 is 5.32 Å². The summed E-state index contributed by atoms with van der Waals surface area (Å²) in [7, 11) is -1.14. The molecule has 1 aromatic heterocycles. The molecule has 1 amide bonds. The number of hydrogen-bond acceptors (Lipinski definition) is 3. The number of carbonyl (C=O) groups excluding carboxylic acids is 1. The largest absolute Gasteiger partial charge is 0.306 e. The van der Waals surface area contributed by atoms with Crippen molar-refractivity contribution in [2.24, 2.45) is 0 Å². The molecule has 138 valence electrons. The highest BCUT2D eigenvalue weighted by atomic mass is 35.5. The summed E-state index contributed by atoms with van der Waals surface area (Å²) in [6.45, 7) is 0. The van der Waals surface area contributed by atoms with E-state index in [1.54, 1.807) is 24.3 Å². The third-order valence-electron chi connectivity index (χ3n) is 4.14. The van der Waals surface area contributed by atoms with E-state index >= 15 is 0 Å². The van der Waals surface area contributed by atoms with Crippen LogP contribution in [0.1, 0.15) is 21.6 Å². The number of benzene rings is 2. The summed E-state index contributed by atoms with van der Waals surface area (Å²) in [5.41, 5.74) is 1.02. The van der Waals surface area contributed by atoms with E-state index < -0.39 is 33.9 Å². The van der Waals surface area contributed by atoms with Crippen LogP contribution in [-0.4, -0.2) is 19.9 Å². The second-order valence-electron chi connectivity index (χ2n) is 5.94. The van der Waals surface area contributed by atoms with E-state index in [1.807, 2.05) is 0 Å². The van der Waals surface area contributed by atoms with E-state index in [0.717, 1.165) is 12.1 Å². The number of rotatable bonds is 3. The Bertz CT molecular complexity index is 1080. The molecule has 9 heteroatoms. The standard InChI is InChI=1S/C18H12ClF2N3O2S/c19-10-3-1-4-11(7-10)24-17(12-8-27(26)9-15(12)23-24)22-18(25)16-13(20)5-2-6-14(16)21/h1-7H,8-9H2,(H,22,25)/t27-/m1/s1. The maximum absolute atomic E-state index is 14.0. The number of amides is 1. The lowest BCUT2D eigenvalue weighted by Crippen LogP contribution is -2.19. The lowest BCUT2D eigenvalue weighted by molar-refractivity contribution is 0.101. The van der Waals surface area contributed by atoms with Gasteiger partial charge in [-0.25, -0.2) is 13.5 Å². The van der Waals surface area contributed by atoms with Crippen LogP contribution in [0.4, 0.5) is 14.6 Å². The maximum Gasteiger partial charge on any atom is 0.262 e. The number of nitrogens with zero attached hydrogens (tertiary/aromatic N) is 2. The zero-order chi connectivity index (χ0) is 19.1. The lowest BCUT2D eigenvalue weighted by Gasteiger charge is -2.12. The van der Waals surface area contributed by atoms with Gasteiger partial charge in [-0.15, -0.1) is 0 Å². The number of nitrogens with one attached hydrogen (secondary N) is 1. The van der Waals surface area contributed by atoms with Gasteiger partial charge >= 0.3 is 0 Å². The first-order chi connectivity index (χ1) is 12.9. The first-order valence-corrected chi connectivity index (χ1v) is 9.77. The molecule has 5 nitrogen and oxygen atoms in total. The van der Waals surface area contributed by atoms with Crippen LogP contribution in [0.3, 0.4) is 0 Å². The first-order valence-electron chi connectivity index (χ1n) is 7.91. The minimum absolute atomic E-state index is 0.200. The molecule has 27 heavy (non-hydrogen) atoms. The van der Waals surface area contributed by atoms with Crippen molar-refractivity contribution in [2.75, 3.05) is 5.32 Å². The Labute approximate surface area is 160 Å². The van der Waals surface area contributed by atoms with Crippen LogP contribution in [0.15, 0.2) is 42.5 Å². The van der Waals surface area contributed by atoms with E-state index in [4.69, 9.17) is 11.6 Å². The molecule has 0 unspecified atom stereocenters. The fourth-order valence-corrected chi connectivity index (χ4v) is 4.38. The van der Waals surface area contributed by atoms with Crippen molar-refractivity contribution >= 4 is 34.1 Å². The van der Waals surface area contributed by atoms with Gasteiger partial charge in [-0.05, 0) is 30.3 Å². The maximum atomic E-state index is 14.0. The van der Waals surface area contributed by atoms with Crippen molar-refractivity contribution < 1.29 is 17.8 Å². The monoisotopic (exact) mass is 407 g/mol. The lowest BCUT2D eigenvalue weighted by atomic mass is 10.1. The van der Waals surface area contributed by atoms with Gasteiger partial charge in [0.2, 0.25) is 0 Å². The Morgan fingerprint density at radius 1 is 1.15 bits per heavy atom. The predicted molar refractivity (Wildman–Crippen MR) is 98.4 cm³/mol. The number of anilines is 1. The van der Waals surface area contributed by atoms with E-state index in [0.29, 0.717) is 22.0 Å². The topological polar surface area (TPSA) is 64.0 Å². The molecule has 0 saturated carbocycles. The summed E-state index contributed by atoms with van der Waals surface area (Å²) < 4.78 is 41.2. The fourth-order valence-electron chi connectivity index (χ4n) is 2.94. The van der Waals surface area contributed by atoms with Crippen molar-refractivity contribution in [3.8, 4) is 5.69 Å². The Hall–Kier alpha value is -2.58. The second kappa shape index (κ2) is 6.86. The summed E-state index contributed by atoms with van der Waals surface area (Å²) in [6, 6.07) is 9.95. The average Bonchev–Trinajstić information content (AvgIpc) is 3.12. The summed E-state index contributed by atoms with van der Waals surface area (Å²) in [6.07, 6.45) is 0. The SMILES string of the molecule is O=C(Nc1c2c(nn1-c1cccc(Cl)c1)C[S@](=O)C2)c1c(F)cccc1F.